The van der Waals surface area contributed by atoms with Crippen LogP contribution in [0.5, 0.6) is 11.5 Å². The van der Waals surface area contributed by atoms with Crippen molar-refractivity contribution in [2.75, 3.05) is 11.9 Å². The van der Waals surface area contributed by atoms with Gasteiger partial charge in [-0.2, -0.15) is 0 Å². The molecule has 0 saturated carbocycles. The monoisotopic (exact) mass is 369 g/mol. The second kappa shape index (κ2) is 10.1. The van der Waals surface area contributed by atoms with Gasteiger partial charge in [0.2, 0.25) is 5.91 Å². The minimum Gasteiger partial charge on any atom is -0.456 e. The van der Waals surface area contributed by atoms with E-state index >= 15 is 0 Å². The summed E-state index contributed by atoms with van der Waals surface area (Å²) < 4.78 is 5.67. The molecule has 1 aliphatic heterocycles. The van der Waals surface area contributed by atoms with Crippen LogP contribution in [-0.2, 0) is 4.79 Å². The van der Waals surface area contributed by atoms with Gasteiger partial charge in [-0.15, -0.1) is 24.8 Å². The number of benzene rings is 1. The van der Waals surface area contributed by atoms with Gasteiger partial charge in [0.1, 0.15) is 11.5 Å². The maximum Gasteiger partial charge on any atom is 0.241 e. The average molecular weight is 370 g/mol. The van der Waals surface area contributed by atoms with Crippen LogP contribution in [0, 0.1) is 0 Å². The minimum atomic E-state index is -0.0833. The van der Waals surface area contributed by atoms with Gasteiger partial charge in [-0.05, 0) is 55.8 Å². The lowest BCUT2D eigenvalue weighted by molar-refractivity contribution is -0.118. The van der Waals surface area contributed by atoms with Crippen molar-refractivity contribution in [3.05, 3.63) is 48.8 Å². The Bertz CT molecular complexity index is 617. The molecule has 3 rings (SSSR count). The minimum absolute atomic E-state index is 0. The van der Waals surface area contributed by atoms with Crippen LogP contribution in [-0.4, -0.2) is 23.5 Å². The maximum absolute atomic E-state index is 12.1. The second-order valence-corrected chi connectivity index (χ2v) is 5.31. The highest BCUT2D eigenvalue weighted by Gasteiger charge is 2.20. The second-order valence-electron chi connectivity index (χ2n) is 5.31. The Morgan fingerprint density at radius 2 is 1.92 bits per heavy atom. The molecule has 130 valence electrons. The van der Waals surface area contributed by atoms with Gasteiger partial charge in [0, 0.05) is 11.9 Å². The summed E-state index contributed by atoms with van der Waals surface area (Å²) in [5, 5.41) is 6.17. The van der Waals surface area contributed by atoms with Gasteiger partial charge in [-0.1, -0.05) is 6.42 Å². The van der Waals surface area contributed by atoms with E-state index in [-0.39, 0.29) is 36.8 Å². The summed E-state index contributed by atoms with van der Waals surface area (Å²) in [4.78, 5) is 16.1. The van der Waals surface area contributed by atoms with Gasteiger partial charge in [0.15, 0.2) is 0 Å². The van der Waals surface area contributed by atoms with Crippen molar-refractivity contribution in [3.8, 4) is 11.5 Å². The Balaban J connectivity index is 0.00000144. The number of carbonyl (C=O) groups excluding carboxylic acids is 1. The Morgan fingerprint density at radius 3 is 2.54 bits per heavy atom. The summed E-state index contributed by atoms with van der Waals surface area (Å²) in [6.45, 7) is 0.913. The highest BCUT2D eigenvalue weighted by Crippen LogP contribution is 2.22. The third kappa shape index (κ3) is 5.67. The normalized spacial score (nSPS) is 16.2. The molecule has 0 radical (unpaired) electrons. The predicted molar refractivity (Wildman–Crippen MR) is 99.5 cm³/mol. The first-order valence-electron chi connectivity index (χ1n) is 7.53. The van der Waals surface area contributed by atoms with Crippen molar-refractivity contribution >= 4 is 36.4 Å². The zero-order valence-corrected chi connectivity index (χ0v) is 14.7. The molecule has 1 amide bonds. The molecule has 1 aliphatic rings. The number of rotatable bonds is 4. The molecular formula is C17H21Cl2N3O2. The number of piperidine rings is 1. The number of carbonyl (C=O) groups is 1. The molecule has 2 N–H and O–H groups in total. The lowest BCUT2D eigenvalue weighted by Gasteiger charge is -2.22. The summed E-state index contributed by atoms with van der Waals surface area (Å²) in [7, 11) is 0. The smallest absolute Gasteiger partial charge is 0.241 e. The fourth-order valence-electron chi connectivity index (χ4n) is 2.45. The van der Waals surface area contributed by atoms with Crippen LogP contribution in [0.1, 0.15) is 19.3 Å². The van der Waals surface area contributed by atoms with Crippen molar-refractivity contribution < 1.29 is 9.53 Å². The van der Waals surface area contributed by atoms with Crippen molar-refractivity contribution in [3.63, 3.8) is 0 Å². The SMILES string of the molecule is Cl.Cl.O=C(Nc1ccc(Oc2cccnc2)cc1)[C@@H]1CCCCN1. The van der Waals surface area contributed by atoms with Crippen molar-refractivity contribution in [2.24, 2.45) is 0 Å². The molecule has 7 heteroatoms. The molecule has 1 aromatic heterocycles. The van der Waals surface area contributed by atoms with Crippen LogP contribution >= 0.6 is 24.8 Å². The van der Waals surface area contributed by atoms with E-state index in [1.54, 1.807) is 12.4 Å². The van der Waals surface area contributed by atoms with Gasteiger partial charge in [0.05, 0.1) is 12.2 Å². The Hall–Kier alpha value is -1.82. The van der Waals surface area contributed by atoms with E-state index in [2.05, 4.69) is 15.6 Å². The Morgan fingerprint density at radius 1 is 1.12 bits per heavy atom. The third-order valence-corrected chi connectivity index (χ3v) is 3.62. The average Bonchev–Trinajstić information content (AvgIpc) is 2.58. The lowest BCUT2D eigenvalue weighted by Crippen LogP contribution is -2.43. The number of amides is 1. The molecule has 2 aromatic rings. The lowest BCUT2D eigenvalue weighted by atomic mass is 10.0. The summed E-state index contributed by atoms with van der Waals surface area (Å²) in [6.07, 6.45) is 6.50. The zero-order valence-electron chi connectivity index (χ0n) is 13.1. The van der Waals surface area contributed by atoms with Crippen LogP contribution in [0.4, 0.5) is 5.69 Å². The first-order chi connectivity index (χ1) is 10.8. The van der Waals surface area contributed by atoms with E-state index in [4.69, 9.17) is 4.74 Å². The molecule has 5 nitrogen and oxygen atoms in total. The largest absolute Gasteiger partial charge is 0.456 e. The topological polar surface area (TPSA) is 63.2 Å². The maximum atomic E-state index is 12.1. The van der Waals surface area contributed by atoms with Crippen molar-refractivity contribution in [1.29, 1.82) is 0 Å². The van der Waals surface area contributed by atoms with E-state index in [0.717, 1.165) is 31.5 Å². The number of aromatic nitrogens is 1. The van der Waals surface area contributed by atoms with E-state index < -0.39 is 0 Å². The Kier molecular flexibility index (Phi) is 8.54. The first kappa shape index (κ1) is 20.2. The molecule has 1 aromatic carbocycles. The van der Waals surface area contributed by atoms with Gasteiger partial charge in [-0.3, -0.25) is 9.78 Å². The molecule has 1 saturated heterocycles. The predicted octanol–water partition coefficient (Wildman–Crippen LogP) is 3.80. The zero-order chi connectivity index (χ0) is 15.2. The fraction of sp³-hybridized carbons (Fsp3) is 0.294. The molecule has 0 bridgehead atoms. The molecular weight excluding hydrogens is 349 g/mol. The van der Waals surface area contributed by atoms with E-state index in [9.17, 15) is 4.79 Å². The summed E-state index contributed by atoms with van der Waals surface area (Å²) in [6, 6.07) is 10.9. The summed E-state index contributed by atoms with van der Waals surface area (Å²) in [5.41, 5.74) is 0.774. The number of halogens is 2. The highest BCUT2D eigenvalue weighted by atomic mass is 35.5. The van der Waals surface area contributed by atoms with Crippen LogP contribution < -0.4 is 15.4 Å². The number of hydrogen-bond donors (Lipinski definition) is 2. The van der Waals surface area contributed by atoms with Gasteiger partial charge in [-0.25, -0.2) is 0 Å². The standard InChI is InChI=1S/C17H19N3O2.2ClH/c21-17(16-5-1-2-11-19-16)20-13-6-8-14(9-7-13)22-15-4-3-10-18-12-15;;/h3-4,6-10,12,16,19H,1-2,5,11H2,(H,20,21);2*1H/t16-;;/m0../s1. The van der Waals surface area contributed by atoms with Crippen LogP contribution in [0.25, 0.3) is 0 Å². The van der Waals surface area contributed by atoms with E-state index in [1.807, 2.05) is 36.4 Å². The molecule has 2 heterocycles. The van der Waals surface area contributed by atoms with Crippen LogP contribution in [0.2, 0.25) is 0 Å². The van der Waals surface area contributed by atoms with Crippen molar-refractivity contribution in [2.45, 2.75) is 25.3 Å². The number of nitrogens with zero attached hydrogens (tertiary/aromatic N) is 1. The number of anilines is 1. The van der Waals surface area contributed by atoms with Crippen LogP contribution in [0.15, 0.2) is 48.8 Å². The van der Waals surface area contributed by atoms with E-state index in [0.29, 0.717) is 11.5 Å². The number of hydrogen-bond acceptors (Lipinski definition) is 4. The summed E-state index contributed by atoms with van der Waals surface area (Å²) in [5.74, 6) is 1.42. The molecule has 1 fully saturated rings. The number of pyridine rings is 1. The van der Waals surface area contributed by atoms with E-state index in [1.165, 1.54) is 0 Å². The molecule has 0 spiro atoms. The molecule has 24 heavy (non-hydrogen) atoms. The summed E-state index contributed by atoms with van der Waals surface area (Å²) >= 11 is 0. The Labute approximate surface area is 154 Å². The number of nitrogens with one attached hydrogen (secondary N) is 2. The first-order valence-corrected chi connectivity index (χ1v) is 7.53. The van der Waals surface area contributed by atoms with Crippen LogP contribution in [0.3, 0.4) is 0 Å². The highest BCUT2D eigenvalue weighted by molar-refractivity contribution is 5.94. The van der Waals surface area contributed by atoms with Gasteiger partial charge in [0.25, 0.3) is 0 Å². The fourth-order valence-corrected chi connectivity index (χ4v) is 2.45. The number of ether oxygens (including phenoxy) is 1. The quantitative estimate of drug-likeness (QED) is 0.860. The molecule has 1 atom stereocenters. The van der Waals surface area contributed by atoms with Gasteiger partial charge >= 0.3 is 0 Å². The third-order valence-electron chi connectivity index (χ3n) is 3.62. The van der Waals surface area contributed by atoms with Crippen molar-refractivity contribution in [1.82, 2.24) is 10.3 Å². The molecule has 0 aliphatic carbocycles. The molecule has 0 unspecified atom stereocenters. The van der Waals surface area contributed by atoms with Gasteiger partial charge < -0.3 is 15.4 Å².